The molecule has 5 heteroatoms. The highest BCUT2D eigenvalue weighted by molar-refractivity contribution is 5.92. The lowest BCUT2D eigenvalue weighted by Gasteiger charge is -2.37. The number of aromatic nitrogens is 2. The van der Waals surface area contributed by atoms with Gasteiger partial charge in [-0.1, -0.05) is 0 Å². The Hall–Kier alpha value is -1.36. The van der Waals surface area contributed by atoms with Crippen molar-refractivity contribution < 1.29 is 4.79 Å². The summed E-state index contributed by atoms with van der Waals surface area (Å²) in [6.07, 6.45) is 4.90. The summed E-state index contributed by atoms with van der Waals surface area (Å²) >= 11 is 0. The zero-order valence-corrected chi connectivity index (χ0v) is 8.86. The second kappa shape index (κ2) is 3.66. The molecule has 1 aromatic heterocycles. The van der Waals surface area contributed by atoms with Crippen LogP contribution in [0, 0.1) is 0 Å². The average Bonchev–Trinajstić information content (AvgIpc) is 2.58. The lowest BCUT2D eigenvalue weighted by atomic mass is 9.78. The van der Waals surface area contributed by atoms with Gasteiger partial charge < -0.3 is 11.1 Å². The van der Waals surface area contributed by atoms with Gasteiger partial charge in [0.05, 0.1) is 0 Å². The first kappa shape index (κ1) is 10.2. The van der Waals surface area contributed by atoms with Crippen molar-refractivity contribution in [2.24, 2.45) is 12.8 Å². The molecule has 0 saturated heterocycles. The maximum Gasteiger partial charge on any atom is 0.271 e. The van der Waals surface area contributed by atoms with Crippen molar-refractivity contribution in [2.45, 2.75) is 24.8 Å². The Kier molecular flexibility index (Phi) is 2.48. The van der Waals surface area contributed by atoms with Crippen molar-refractivity contribution in [1.29, 1.82) is 0 Å². The second-order valence-corrected chi connectivity index (χ2v) is 4.27. The van der Waals surface area contributed by atoms with Crippen molar-refractivity contribution in [2.75, 3.05) is 6.54 Å². The summed E-state index contributed by atoms with van der Waals surface area (Å²) in [5.41, 5.74) is 6.26. The third-order valence-corrected chi connectivity index (χ3v) is 2.90. The average molecular weight is 208 g/mol. The molecule has 0 spiro atoms. The molecule has 1 aliphatic carbocycles. The van der Waals surface area contributed by atoms with E-state index in [4.69, 9.17) is 5.73 Å². The number of nitrogens with two attached hydrogens (primary N) is 1. The van der Waals surface area contributed by atoms with Gasteiger partial charge in [0.25, 0.3) is 5.91 Å². The summed E-state index contributed by atoms with van der Waals surface area (Å²) in [5.74, 6) is -0.146. The third-order valence-electron chi connectivity index (χ3n) is 2.90. The summed E-state index contributed by atoms with van der Waals surface area (Å²) in [6, 6.07) is 1.69. The van der Waals surface area contributed by atoms with Crippen molar-refractivity contribution in [3.8, 4) is 0 Å². The standard InChI is InChI=1S/C10H16N4O/c1-14-6-3-8(13-14)9(15)12-7-10(11)4-2-5-10/h3,6H,2,4-5,7,11H2,1H3,(H,12,15). The Morgan fingerprint density at radius 3 is 2.93 bits per heavy atom. The number of amides is 1. The molecule has 1 fully saturated rings. The molecule has 82 valence electrons. The van der Waals surface area contributed by atoms with Crippen molar-refractivity contribution in [3.63, 3.8) is 0 Å². The molecule has 5 nitrogen and oxygen atoms in total. The van der Waals surface area contributed by atoms with Gasteiger partial charge >= 0.3 is 0 Å². The van der Waals surface area contributed by atoms with E-state index >= 15 is 0 Å². The van der Waals surface area contributed by atoms with E-state index in [2.05, 4.69) is 10.4 Å². The molecule has 1 aliphatic rings. The van der Waals surface area contributed by atoms with Gasteiger partial charge in [-0.05, 0) is 25.3 Å². The number of carbonyl (C=O) groups is 1. The zero-order chi connectivity index (χ0) is 10.9. The van der Waals surface area contributed by atoms with Crippen LogP contribution in [0.25, 0.3) is 0 Å². The Morgan fingerprint density at radius 2 is 2.47 bits per heavy atom. The highest BCUT2D eigenvalue weighted by atomic mass is 16.1. The molecule has 2 rings (SSSR count). The summed E-state index contributed by atoms with van der Waals surface area (Å²) in [6.45, 7) is 0.544. The van der Waals surface area contributed by atoms with Crippen LogP contribution >= 0.6 is 0 Å². The van der Waals surface area contributed by atoms with Crippen LogP contribution in [0.5, 0.6) is 0 Å². The molecule has 1 aromatic rings. The Bertz CT molecular complexity index is 367. The summed E-state index contributed by atoms with van der Waals surface area (Å²) in [7, 11) is 1.78. The summed E-state index contributed by atoms with van der Waals surface area (Å²) in [5, 5.41) is 6.83. The SMILES string of the molecule is Cn1ccc(C(=O)NCC2(N)CCC2)n1. The second-order valence-electron chi connectivity index (χ2n) is 4.27. The molecular weight excluding hydrogens is 192 g/mol. The van der Waals surface area contributed by atoms with Crippen molar-refractivity contribution >= 4 is 5.91 Å². The number of carbonyl (C=O) groups excluding carboxylic acids is 1. The van der Waals surface area contributed by atoms with Gasteiger partial charge in [0.15, 0.2) is 0 Å². The molecule has 0 atom stereocenters. The predicted octanol–water partition coefficient (Wildman–Crippen LogP) is 0.0313. The number of aryl methyl sites for hydroxylation is 1. The Balaban J connectivity index is 1.87. The maximum atomic E-state index is 11.6. The smallest absolute Gasteiger partial charge is 0.271 e. The predicted molar refractivity (Wildman–Crippen MR) is 56.3 cm³/mol. The maximum absolute atomic E-state index is 11.6. The molecule has 15 heavy (non-hydrogen) atoms. The first-order valence-corrected chi connectivity index (χ1v) is 5.16. The first-order valence-electron chi connectivity index (χ1n) is 5.16. The molecule has 0 aliphatic heterocycles. The van der Waals surface area contributed by atoms with Crippen LogP contribution in [0.1, 0.15) is 29.8 Å². The quantitative estimate of drug-likeness (QED) is 0.736. The van der Waals surface area contributed by atoms with Crippen LogP contribution in [0.15, 0.2) is 12.3 Å². The minimum atomic E-state index is -0.176. The first-order chi connectivity index (χ1) is 7.09. The number of rotatable bonds is 3. The molecule has 0 bridgehead atoms. The number of nitrogens with one attached hydrogen (secondary N) is 1. The fourth-order valence-electron chi connectivity index (χ4n) is 1.69. The molecule has 1 amide bonds. The van der Waals surface area contributed by atoms with E-state index in [0.29, 0.717) is 12.2 Å². The van der Waals surface area contributed by atoms with Gasteiger partial charge in [0, 0.05) is 25.3 Å². The zero-order valence-electron chi connectivity index (χ0n) is 8.86. The van der Waals surface area contributed by atoms with Gasteiger partial charge in [0.1, 0.15) is 5.69 Å². The largest absolute Gasteiger partial charge is 0.349 e. The minimum Gasteiger partial charge on any atom is -0.349 e. The van der Waals surface area contributed by atoms with Crippen molar-refractivity contribution in [3.05, 3.63) is 18.0 Å². The minimum absolute atomic E-state index is 0.146. The number of hydrogen-bond acceptors (Lipinski definition) is 3. The molecular formula is C10H16N4O. The lowest BCUT2D eigenvalue weighted by molar-refractivity contribution is 0.0924. The monoisotopic (exact) mass is 208 g/mol. The molecule has 0 aromatic carbocycles. The van der Waals surface area contributed by atoms with Gasteiger partial charge in [-0.25, -0.2) is 0 Å². The van der Waals surface area contributed by atoms with Crippen LogP contribution in [-0.4, -0.2) is 27.8 Å². The fourth-order valence-corrected chi connectivity index (χ4v) is 1.69. The molecule has 1 saturated carbocycles. The van der Waals surface area contributed by atoms with Gasteiger partial charge in [-0.3, -0.25) is 9.48 Å². The fraction of sp³-hybridized carbons (Fsp3) is 0.600. The van der Waals surface area contributed by atoms with Crippen molar-refractivity contribution in [1.82, 2.24) is 15.1 Å². The van der Waals surface area contributed by atoms with Crippen LogP contribution in [0.3, 0.4) is 0 Å². The molecule has 3 N–H and O–H groups in total. The van der Waals surface area contributed by atoms with Gasteiger partial charge in [0.2, 0.25) is 0 Å². The number of hydrogen-bond donors (Lipinski definition) is 2. The van der Waals surface area contributed by atoms with E-state index < -0.39 is 0 Å². The number of nitrogens with zero attached hydrogens (tertiary/aromatic N) is 2. The highest BCUT2D eigenvalue weighted by Gasteiger charge is 2.32. The van der Waals surface area contributed by atoms with Gasteiger partial charge in [-0.15, -0.1) is 0 Å². The highest BCUT2D eigenvalue weighted by Crippen LogP contribution is 2.28. The van der Waals surface area contributed by atoms with E-state index in [1.54, 1.807) is 24.0 Å². The molecule has 0 radical (unpaired) electrons. The Labute approximate surface area is 88.6 Å². The van der Waals surface area contributed by atoms with E-state index in [1.807, 2.05) is 0 Å². The normalized spacial score (nSPS) is 18.3. The van der Waals surface area contributed by atoms with Gasteiger partial charge in [-0.2, -0.15) is 5.10 Å². The third kappa shape index (κ3) is 2.18. The van der Waals surface area contributed by atoms with Crippen LogP contribution in [0.2, 0.25) is 0 Å². The van der Waals surface area contributed by atoms with Crippen LogP contribution in [-0.2, 0) is 7.05 Å². The molecule has 0 unspecified atom stereocenters. The van der Waals surface area contributed by atoms with E-state index in [0.717, 1.165) is 19.3 Å². The molecule has 1 heterocycles. The summed E-state index contributed by atoms with van der Waals surface area (Å²) in [4.78, 5) is 11.6. The van der Waals surface area contributed by atoms with E-state index in [-0.39, 0.29) is 11.4 Å². The Morgan fingerprint density at radius 1 is 1.73 bits per heavy atom. The topological polar surface area (TPSA) is 72.9 Å². The van der Waals surface area contributed by atoms with Crippen LogP contribution < -0.4 is 11.1 Å². The lowest BCUT2D eigenvalue weighted by Crippen LogP contribution is -2.54. The summed E-state index contributed by atoms with van der Waals surface area (Å²) < 4.78 is 1.61. The van der Waals surface area contributed by atoms with E-state index in [1.165, 1.54) is 0 Å². The van der Waals surface area contributed by atoms with Crippen LogP contribution in [0.4, 0.5) is 0 Å². The van der Waals surface area contributed by atoms with E-state index in [9.17, 15) is 4.79 Å².